The standard InChI is InChI=1S/C19H16Cl2N4O/c1-12-6-7-14(20)8-16(12)25-19(26)17-10-24-18(11-22-17)23-9-13-4-2-3-5-15(13)21/h2-8,10-11H,9H2,1H3,(H,23,24)(H,25,26). The lowest BCUT2D eigenvalue weighted by Gasteiger charge is -2.09. The largest absolute Gasteiger partial charge is 0.365 e. The van der Waals surface area contributed by atoms with Gasteiger partial charge < -0.3 is 10.6 Å². The van der Waals surface area contributed by atoms with Crippen molar-refractivity contribution in [3.05, 3.63) is 81.7 Å². The normalized spacial score (nSPS) is 10.4. The summed E-state index contributed by atoms with van der Waals surface area (Å²) in [5.74, 6) is 0.209. The molecule has 3 aromatic rings. The Balaban J connectivity index is 1.64. The maximum absolute atomic E-state index is 12.3. The first kappa shape index (κ1) is 18.2. The SMILES string of the molecule is Cc1ccc(Cl)cc1NC(=O)c1cnc(NCc2ccccc2Cl)cn1. The van der Waals surface area contributed by atoms with E-state index in [9.17, 15) is 4.79 Å². The third kappa shape index (κ3) is 4.50. The molecule has 3 rings (SSSR count). The summed E-state index contributed by atoms with van der Waals surface area (Å²) in [6, 6.07) is 12.9. The van der Waals surface area contributed by atoms with Crippen molar-refractivity contribution in [1.29, 1.82) is 0 Å². The van der Waals surface area contributed by atoms with Gasteiger partial charge in [-0.05, 0) is 36.2 Å². The molecule has 5 nitrogen and oxygen atoms in total. The Kier molecular flexibility index (Phi) is 5.71. The van der Waals surface area contributed by atoms with Crippen LogP contribution in [0.4, 0.5) is 11.5 Å². The number of carbonyl (C=O) groups excluding carboxylic acids is 1. The maximum Gasteiger partial charge on any atom is 0.275 e. The topological polar surface area (TPSA) is 66.9 Å². The van der Waals surface area contributed by atoms with Gasteiger partial charge >= 0.3 is 0 Å². The number of hydrogen-bond donors (Lipinski definition) is 2. The van der Waals surface area contributed by atoms with E-state index < -0.39 is 0 Å². The Morgan fingerprint density at radius 3 is 2.62 bits per heavy atom. The van der Waals surface area contributed by atoms with Crippen LogP contribution in [0.1, 0.15) is 21.6 Å². The Morgan fingerprint density at radius 1 is 1.08 bits per heavy atom. The van der Waals surface area contributed by atoms with Gasteiger partial charge in [-0.3, -0.25) is 4.79 Å². The molecule has 0 unspecified atom stereocenters. The van der Waals surface area contributed by atoms with E-state index in [1.807, 2.05) is 37.3 Å². The van der Waals surface area contributed by atoms with E-state index in [2.05, 4.69) is 20.6 Å². The quantitative estimate of drug-likeness (QED) is 0.650. The summed E-state index contributed by atoms with van der Waals surface area (Å²) in [6.45, 7) is 2.40. The predicted molar refractivity (Wildman–Crippen MR) is 105 cm³/mol. The van der Waals surface area contributed by atoms with E-state index in [0.717, 1.165) is 11.1 Å². The highest BCUT2D eigenvalue weighted by Gasteiger charge is 2.10. The Labute approximate surface area is 161 Å². The first-order valence-electron chi connectivity index (χ1n) is 7.90. The third-order valence-corrected chi connectivity index (χ3v) is 4.35. The fourth-order valence-corrected chi connectivity index (χ4v) is 2.65. The molecule has 0 saturated heterocycles. The zero-order valence-corrected chi connectivity index (χ0v) is 15.5. The first-order valence-corrected chi connectivity index (χ1v) is 8.65. The lowest BCUT2D eigenvalue weighted by molar-refractivity contribution is 0.102. The van der Waals surface area contributed by atoms with Crippen LogP contribution < -0.4 is 10.6 Å². The van der Waals surface area contributed by atoms with E-state index in [4.69, 9.17) is 23.2 Å². The van der Waals surface area contributed by atoms with Crippen LogP contribution in [0.25, 0.3) is 0 Å². The van der Waals surface area contributed by atoms with Crippen molar-refractivity contribution in [2.24, 2.45) is 0 Å². The molecular formula is C19H16Cl2N4O. The molecule has 0 fully saturated rings. The summed E-state index contributed by atoms with van der Waals surface area (Å²) >= 11 is 12.1. The number of nitrogens with one attached hydrogen (secondary N) is 2. The highest BCUT2D eigenvalue weighted by atomic mass is 35.5. The van der Waals surface area contributed by atoms with Gasteiger partial charge in [-0.15, -0.1) is 0 Å². The van der Waals surface area contributed by atoms with E-state index >= 15 is 0 Å². The van der Waals surface area contributed by atoms with Gasteiger partial charge in [-0.25, -0.2) is 9.97 Å². The van der Waals surface area contributed by atoms with Crippen LogP contribution in [0.2, 0.25) is 10.0 Å². The second-order valence-electron chi connectivity index (χ2n) is 5.65. The number of hydrogen-bond acceptors (Lipinski definition) is 4. The number of anilines is 2. The lowest BCUT2D eigenvalue weighted by Crippen LogP contribution is -2.15. The molecular weight excluding hydrogens is 371 g/mol. The number of aryl methyl sites for hydroxylation is 1. The van der Waals surface area contributed by atoms with Crippen LogP contribution >= 0.6 is 23.2 Å². The zero-order valence-electron chi connectivity index (χ0n) is 14.0. The molecule has 0 bridgehead atoms. The summed E-state index contributed by atoms with van der Waals surface area (Å²) in [7, 11) is 0. The molecule has 0 saturated carbocycles. The van der Waals surface area contributed by atoms with Crippen LogP contribution in [-0.2, 0) is 6.54 Å². The highest BCUT2D eigenvalue weighted by molar-refractivity contribution is 6.31. The van der Waals surface area contributed by atoms with Crippen molar-refractivity contribution in [3.63, 3.8) is 0 Å². The Morgan fingerprint density at radius 2 is 1.88 bits per heavy atom. The van der Waals surface area contributed by atoms with Crippen molar-refractivity contribution in [2.45, 2.75) is 13.5 Å². The maximum atomic E-state index is 12.3. The van der Waals surface area contributed by atoms with Gasteiger partial charge in [0.05, 0.1) is 12.4 Å². The summed E-state index contributed by atoms with van der Waals surface area (Å²) in [5.41, 5.74) is 2.72. The van der Waals surface area contributed by atoms with Gasteiger partial charge in [0.25, 0.3) is 5.91 Å². The molecule has 0 aliphatic rings. The van der Waals surface area contributed by atoms with Gasteiger partial charge in [-0.2, -0.15) is 0 Å². The molecule has 26 heavy (non-hydrogen) atoms. The smallest absolute Gasteiger partial charge is 0.275 e. The molecule has 132 valence electrons. The highest BCUT2D eigenvalue weighted by Crippen LogP contribution is 2.21. The van der Waals surface area contributed by atoms with Gasteiger partial charge in [0.15, 0.2) is 0 Å². The van der Waals surface area contributed by atoms with Crippen LogP contribution in [0, 0.1) is 6.92 Å². The van der Waals surface area contributed by atoms with Crippen LogP contribution in [0.3, 0.4) is 0 Å². The fourth-order valence-electron chi connectivity index (χ4n) is 2.28. The minimum Gasteiger partial charge on any atom is -0.365 e. The van der Waals surface area contributed by atoms with E-state index in [0.29, 0.717) is 28.1 Å². The van der Waals surface area contributed by atoms with E-state index in [1.165, 1.54) is 12.4 Å². The van der Waals surface area contributed by atoms with Gasteiger partial charge in [0, 0.05) is 22.3 Å². The van der Waals surface area contributed by atoms with Crippen LogP contribution in [0.5, 0.6) is 0 Å². The van der Waals surface area contributed by atoms with Crippen molar-refractivity contribution < 1.29 is 4.79 Å². The van der Waals surface area contributed by atoms with Crippen molar-refractivity contribution in [2.75, 3.05) is 10.6 Å². The summed E-state index contributed by atoms with van der Waals surface area (Å²) in [5, 5.41) is 7.15. The second kappa shape index (κ2) is 8.17. The summed E-state index contributed by atoms with van der Waals surface area (Å²) in [6.07, 6.45) is 2.93. The zero-order chi connectivity index (χ0) is 18.5. The minimum atomic E-state index is -0.347. The van der Waals surface area contributed by atoms with E-state index in [1.54, 1.807) is 12.1 Å². The molecule has 0 aliphatic heterocycles. The molecule has 7 heteroatoms. The van der Waals surface area contributed by atoms with Crippen LogP contribution in [-0.4, -0.2) is 15.9 Å². The predicted octanol–water partition coefficient (Wildman–Crippen LogP) is 4.96. The summed E-state index contributed by atoms with van der Waals surface area (Å²) < 4.78 is 0. The molecule has 1 heterocycles. The molecule has 0 aliphatic carbocycles. The van der Waals surface area contributed by atoms with E-state index in [-0.39, 0.29) is 11.6 Å². The number of nitrogens with zero attached hydrogens (tertiary/aromatic N) is 2. The molecule has 1 aromatic heterocycles. The second-order valence-corrected chi connectivity index (χ2v) is 6.49. The minimum absolute atomic E-state index is 0.215. The van der Waals surface area contributed by atoms with Crippen molar-refractivity contribution in [1.82, 2.24) is 9.97 Å². The first-order chi connectivity index (χ1) is 12.5. The number of amides is 1. The molecule has 1 amide bonds. The number of halogens is 2. The van der Waals surface area contributed by atoms with Crippen LogP contribution in [0.15, 0.2) is 54.9 Å². The average molecular weight is 387 g/mol. The monoisotopic (exact) mass is 386 g/mol. The molecule has 0 atom stereocenters. The molecule has 0 spiro atoms. The van der Waals surface area contributed by atoms with Gasteiger partial charge in [-0.1, -0.05) is 47.5 Å². The molecule has 2 N–H and O–H groups in total. The van der Waals surface area contributed by atoms with Crippen molar-refractivity contribution >= 4 is 40.6 Å². The Hall–Kier alpha value is -2.63. The number of carbonyl (C=O) groups is 1. The average Bonchev–Trinajstić information content (AvgIpc) is 2.64. The Bertz CT molecular complexity index is 929. The summed E-state index contributed by atoms with van der Waals surface area (Å²) in [4.78, 5) is 20.7. The number of benzene rings is 2. The number of rotatable bonds is 5. The van der Waals surface area contributed by atoms with Crippen molar-refractivity contribution in [3.8, 4) is 0 Å². The van der Waals surface area contributed by atoms with Gasteiger partial charge in [0.1, 0.15) is 11.5 Å². The number of aromatic nitrogens is 2. The fraction of sp³-hybridized carbons (Fsp3) is 0.105. The third-order valence-electron chi connectivity index (χ3n) is 3.75. The molecule has 2 aromatic carbocycles. The van der Waals surface area contributed by atoms with Gasteiger partial charge in [0.2, 0.25) is 0 Å². The lowest BCUT2D eigenvalue weighted by atomic mass is 10.2. The molecule has 0 radical (unpaired) electrons.